The van der Waals surface area contributed by atoms with Crippen molar-refractivity contribution in [3.05, 3.63) is 63.8 Å². The molecule has 36 heavy (non-hydrogen) atoms. The van der Waals surface area contributed by atoms with E-state index >= 15 is 0 Å². The molecule has 1 aliphatic carbocycles. The quantitative estimate of drug-likeness (QED) is 0.402. The van der Waals surface area contributed by atoms with E-state index < -0.39 is 5.97 Å². The first-order chi connectivity index (χ1) is 17.3. The first kappa shape index (κ1) is 24.8. The van der Waals surface area contributed by atoms with Crippen molar-refractivity contribution in [2.24, 2.45) is 5.92 Å². The van der Waals surface area contributed by atoms with Gasteiger partial charge in [-0.15, -0.1) is 0 Å². The largest absolute Gasteiger partial charge is 0.489 e. The van der Waals surface area contributed by atoms with Crippen LogP contribution in [0, 0.1) is 5.92 Å². The third-order valence-electron chi connectivity index (χ3n) is 7.68. The van der Waals surface area contributed by atoms with Crippen LogP contribution >= 0.6 is 11.6 Å². The first-order valence-corrected chi connectivity index (χ1v) is 13.2. The van der Waals surface area contributed by atoms with Crippen LogP contribution < -0.4 is 4.74 Å². The molecule has 0 radical (unpaired) electrons. The summed E-state index contributed by atoms with van der Waals surface area (Å²) in [4.78, 5) is 13.6. The van der Waals surface area contributed by atoms with Crippen molar-refractivity contribution in [2.75, 3.05) is 19.6 Å². The Hall–Kier alpha value is -2.83. The van der Waals surface area contributed by atoms with Crippen LogP contribution in [0.1, 0.15) is 62.8 Å². The molecule has 2 aliphatic rings. The molecule has 5 rings (SSSR count). The summed E-state index contributed by atoms with van der Waals surface area (Å²) in [6.45, 7) is 9.55. The van der Waals surface area contributed by atoms with Crippen molar-refractivity contribution in [3.63, 3.8) is 0 Å². The fraction of sp³-hybridized carbons (Fsp3) is 0.448. The Morgan fingerprint density at radius 2 is 1.94 bits per heavy atom. The monoisotopic (exact) mass is 507 g/mol. The predicted octanol–water partition coefficient (Wildman–Crippen LogP) is 6.37. The second kappa shape index (κ2) is 10.3. The van der Waals surface area contributed by atoms with Crippen LogP contribution in [0.4, 0.5) is 0 Å². The number of piperidine rings is 1. The fourth-order valence-electron chi connectivity index (χ4n) is 5.50. The smallest absolute Gasteiger partial charge is 0.306 e. The van der Waals surface area contributed by atoms with Crippen molar-refractivity contribution in [1.29, 1.82) is 0 Å². The number of benzene rings is 2. The van der Waals surface area contributed by atoms with E-state index in [0.29, 0.717) is 11.8 Å². The second-order valence-corrected chi connectivity index (χ2v) is 10.8. The van der Waals surface area contributed by atoms with Gasteiger partial charge in [-0.25, -0.2) is 0 Å². The van der Waals surface area contributed by atoms with E-state index in [2.05, 4.69) is 67.2 Å². The fourth-order valence-corrected chi connectivity index (χ4v) is 5.74. The average Bonchev–Trinajstić information content (AvgIpc) is 3.21. The van der Waals surface area contributed by atoms with Crippen LogP contribution in [-0.4, -0.2) is 45.4 Å². The summed E-state index contributed by atoms with van der Waals surface area (Å²) in [5.74, 6) is 0.0459. The number of halogens is 1. The lowest BCUT2D eigenvalue weighted by molar-refractivity contribution is -0.143. The minimum atomic E-state index is -0.652. The van der Waals surface area contributed by atoms with Gasteiger partial charge in [-0.05, 0) is 106 Å². The molecule has 1 fully saturated rings. The lowest BCUT2D eigenvalue weighted by Gasteiger charge is -2.32. The zero-order valence-electron chi connectivity index (χ0n) is 21.3. The van der Waals surface area contributed by atoms with E-state index in [4.69, 9.17) is 16.3 Å². The van der Waals surface area contributed by atoms with Crippen molar-refractivity contribution >= 4 is 34.0 Å². The van der Waals surface area contributed by atoms with Crippen LogP contribution in [0.5, 0.6) is 5.75 Å². The summed E-state index contributed by atoms with van der Waals surface area (Å²) in [7, 11) is 0. The molecule has 1 aromatic heterocycles. The molecule has 190 valence electrons. The minimum Gasteiger partial charge on any atom is -0.489 e. The molecule has 1 saturated heterocycles. The van der Waals surface area contributed by atoms with Gasteiger partial charge in [0.2, 0.25) is 0 Å². The highest BCUT2D eigenvalue weighted by atomic mass is 35.5. The molecular weight excluding hydrogens is 474 g/mol. The average molecular weight is 508 g/mol. The standard InChI is InChI=1S/C29H34ClN3O3/c1-18(2)33-27-9-4-20(14-26(27)28(30)31-33)17-36-24-7-8-25-19(3)23(6-5-22(25)15-24)16-32-12-10-21(11-13-32)29(34)35/h4,7-9,14-15,18,21H,5-6,10-13,16-17H2,1-3H3,(H,34,35). The lowest BCUT2D eigenvalue weighted by Crippen LogP contribution is -2.37. The number of fused-ring (bicyclic) bond motifs is 2. The van der Waals surface area contributed by atoms with Crippen molar-refractivity contribution in [2.45, 2.75) is 59.1 Å². The zero-order chi connectivity index (χ0) is 25.4. The Morgan fingerprint density at radius 1 is 1.17 bits per heavy atom. The number of aliphatic carboxylic acids is 1. The van der Waals surface area contributed by atoms with Crippen LogP contribution in [-0.2, 0) is 17.8 Å². The molecule has 1 N–H and O–H groups in total. The molecule has 0 unspecified atom stereocenters. The predicted molar refractivity (Wildman–Crippen MR) is 144 cm³/mol. The SMILES string of the molecule is CC1=C(CN2CCC(C(=O)O)CC2)CCc2cc(OCc3ccc4c(c3)c(Cl)nn4C(C)C)ccc21. The molecule has 0 saturated carbocycles. The van der Waals surface area contributed by atoms with Gasteiger partial charge < -0.3 is 9.84 Å². The number of carboxylic acids is 1. The molecule has 1 aliphatic heterocycles. The van der Waals surface area contributed by atoms with Crippen LogP contribution in [0.2, 0.25) is 5.15 Å². The van der Waals surface area contributed by atoms with E-state index in [9.17, 15) is 9.90 Å². The maximum atomic E-state index is 11.2. The molecule has 3 aromatic rings. The number of carboxylic acid groups (broad SMARTS) is 1. The summed E-state index contributed by atoms with van der Waals surface area (Å²) >= 11 is 6.39. The Bertz CT molecular complexity index is 1320. The number of ether oxygens (including phenoxy) is 1. The Kier molecular flexibility index (Phi) is 7.09. The molecule has 0 amide bonds. The minimum absolute atomic E-state index is 0.182. The van der Waals surface area contributed by atoms with Gasteiger partial charge in [-0.3, -0.25) is 14.4 Å². The van der Waals surface area contributed by atoms with E-state index in [1.54, 1.807) is 0 Å². The number of likely N-dealkylation sites (tertiary alicyclic amines) is 1. The summed E-state index contributed by atoms with van der Waals surface area (Å²) < 4.78 is 8.12. The van der Waals surface area contributed by atoms with Gasteiger partial charge in [-0.2, -0.15) is 5.10 Å². The third-order valence-corrected chi connectivity index (χ3v) is 7.96. The normalized spacial score (nSPS) is 17.1. The number of hydrogen-bond donors (Lipinski definition) is 1. The highest BCUT2D eigenvalue weighted by Gasteiger charge is 2.26. The van der Waals surface area contributed by atoms with E-state index in [1.807, 2.05) is 4.68 Å². The van der Waals surface area contributed by atoms with Crippen molar-refractivity contribution in [1.82, 2.24) is 14.7 Å². The number of allylic oxidation sites excluding steroid dienone is 1. The number of aromatic nitrogens is 2. The Labute approximate surface area is 217 Å². The molecule has 0 spiro atoms. The van der Waals surface area contributed by atoms with Gasteiger partial charge >= 0.3 is 5.97 Å². The Morgan fingerprint density at radius 3 is 2.67 bits per heavy atom. The van der Waals surface area contributed by atoms with Crippen LogP contribution in [0.3, 0.4) is 0 Å². The lowest BCUT2D eigenvalue weighted by atomic mass is 9.85. The van der Waals surface area contributed by atoms with Gasteiger partial charge in [0.15, 0.2) is 5.15 Å². The third kappa shape index (κ3) is 5.02. The van der Waals surface area contributed by atoms with E-state index in [1.165, 1.54) is 22.3 Å². The number of hydrogen-bond acceptors (Lipinski definition) is 4. The summed E-state index contributed by atoms with van der Waals surface area (Å²) in [6, 6.07) is 12.9. The number of carbonyl (C=O) groups is 1. The first-order valence-electron chi connectivity index (χ1n) is 12.9. The second-order valence-electron chi connectivity index (χ2n) is 10.4. The Balaban J connectivity index is 1.25. The van der Waals surface area contributed by atoms with E-state index in [-0.39, 0.29) is 12.0 Å². The van der Waals surface area contributed by atoms with Crippen molar-refractivity contribution in [3.8, 4) is 5.75 Å². The van der Waals surface area contributed by atoms with Gasteiger partial charge in [0.05, 0.1) is 11.4 Å². The number of nitrogens with zero attached hydrogens (tertiary/aromatic N) is 3. The van der Waals surface area contributed by atoms with Crippen molar-refractivity contribution < 1.29 is 14.6 Å². The number of rotatable bonds is 7. The summed E-state index contributed by atoms with van der Waals surface area (Å²) in [6.07, 6.45) is 3.53. The maximum Gasteiger partial charge on any atom is 0.306 e. The van der Waals surface area contributed by atoms with Crippen LogP contribution in [0.25, 0.3) is 16.5 Å². The molecule has 0 atom stereocenters. The topological polar surface area (TPSA) is 67.6 Å². The molecule has 7 heteroatoms. The molecule has 0 bridgehead atoms. The van der Waals surface area contributed by atoms with Gasteiger partial charge in [-0.1, -0.05) is 29.3 Å². The molecular formula is C29H34ClN3O3. The number of aryl methyl sites for hydroxylation is 1. The molecule has 6 nitrogen and oxygen atoms in total. The highest BCUT2D eigenvalue weighted by molar-refractivity contribution is 6.34. The van der Waals surface area contributed by atoms with E-state index in [0.717, 1.165) is 67.5 Å². The van der Waals surface area contributed by atoms with Gasteiger partial charge in [0.25, 0.3) is 0 Å². The molecule has 2 aromatic carbocycles. The van der Waals surface area contributed by atoms with Gasteiger partial charge in [0.1, 0.15) is 12.4 Å². The zero-order valence-corrected chi connectivity index (χ0v) is 22.0. The molecule has 2 heterocycles. The van der Waals surface area contributed by atoms with Crippen LogP contribution in [0.15, 0.2) is 42.0 Å². The maximum absolute atomic E-state index is 11.2. The summed E-state index contributed by atoms with van der Waals surface area (Å²) in [5.41, 5.74) is 7.56. The van der Waals surface area contributed by atoms with Gasteiger partial charge in [0, 0.05) is 18.0 Å². The summed E-state index contributed by atoms with van der Waals surface area (Å²) in [5, 5.41) is 15.2. The highest BCUT2D eigenvalue weighted by Crippen LogP contribution is 2.34.